The van der Waals surface area contributed by atoms with E-state index in [1.54, 1.807) is 0 Å². The van der Waals surface area contributed by atoms with Gasteiger partial charge >= 0.3 is 12.5 Å². The summed E-state index contributed by atoms with van der Waals surface area (Å²) in [4.78, 5) is 9.55. The van der Waals surface area contributed by atoms with Gasteiger partial charge in [0.05, 0.1) is 11.7 Å². The molecule has 1 rings (SSSR count). The highest BCUT2D eigenvalue weighted by Crippen LogP contribution is 1.96. The van der Waals surface area contributed by atoms with Crippen molar-refractivity contribution in [2.24, 2.45) is 0 Å². The van der Waals surface area contributed by atoms with Crippen LogP contribution in [0.5, 0.6) is 6.01 Å². The first-order chi connectivity index (χ1) is 3.93. The summed E-state index contributed by atoms with van der Waals surface area (Å²) in [7, 11) is 0. The number of carbonyl (C=O) groups excluding carboxylic acids is 1. The third-order valence-electron chi connectivity index (χ3n) is 0.435. The highest BCUT2D eigenvalue weighted by atomic mass is 32.1. The molecule has 5 nitrogen and oxygen atoms in total. The second kappa shape index (κ2) is 2.31. The Kier molecular flexibility index (Phi) is 1.48. The quantitative estimate of drug-likeness (QED) is 0.505. The number of hydrogen-bond donors (Lipinski definition) is 0. The average Bonchev–Trinajstić information content (AvgIpc) is 2.19. The van der Waals surface area contributed by atoms with Crippen molar-refractivity contribution in [1.29, 1.82) is 0 Å². The topological polar surface area (TPSA) is 65.0 Å². The second-order valence-electron chi connectivity index (χ2n) is 0.851. The van der Waals surface area contributed by atoms with E-state index in [1.165, 1.54) is 0 Å². The summed E-state index contributed by atoms with van der Waals surface area (Å²) in [5.74, 6) is 0. The molecular weight excluding hydrogens is 130 g/mol. The maximum atomic E-state index is 9.55. The SMILES string of the molecule is O=COc1nnsn1. The molecule has 0 aliphatic rings. The van der Waals surface area contributed by atoms with E-state index in [2.05, 4.69) is 18.7 Å². The molecule has 0 unspecified atom stereocenters. The zero-order valence-electron chi connectivity index (χ0n) is 3.64. The molecule has 0 aliphatic heterocycles. The fourth-order valence-corrected chi connectivity index (χ4v) is 0.505. The molecule has 42 valence electrons. The van der Waals surface area contributed by atoms with Crippen LogP contribution in [0.2, 0.25) is 0 Å². The Hall–Kier alpha value is -1.04. The summed E-state index contributed by atoms with van der Waals surface area (Å²) >= 11 is 0.885. The molecule has 0 atom stereocenters. The van der Waals surface area contributed by atoms with Gasteiger partial charge in [-0.3, -0.25) is 4.79 Å². The Balaban J connectivity index is 2.62. The number of carbonyl (C=O) groups is 1. The van der Waals surface area contributed by atoms with Crippen molar-refractivity contribution in [3.8, 4) is 6.01 Å². The van der Waals surface area contributed by atoms with Gasteiger partial charge in [0.25, 0.3) is 0 Å². The van der Waals surface area contributed by atoms with Crippen molar-refractivity contribution in [1.82, 2.24) is 14.0 Å². The first kappa shape index (κ1) is 5.10. The van der Waals surface area contributed by atoms with Gasteiger partial charge in [0.15, 0.2) is 0 Å². The molecule has 0 fully saturated rings. The monoisotopic (exact) mass is 131 g/mol. The van der Waals surface area contributed by atoms with Crippen LogP contribution in [0.15, 0.2) is 0 Å². The smallest absolute Gasteiger partial charge is 0.356 e. The molecule has 0 saturated heterocycles. The molecule has 8 heavy (non-hydrogen) atoms. The molecule has 0 aromatic carbocycles. The standard InChI is InChI=1S/C2HN3O2S/c6-1-7-2-3-5-8-4-2/h1H. The number of ether oxygens (including phenoxy) is 1. The highest BCUT2D eigenvalue weighted by molar-refractivity contribution is 6.98. The summed E-state index contributed by atoms with van der Waals surface area (Å²) in [5.41, 5.74) is 0. The van der Waals surface area contributed by atoms with Gasteiger partial charge in [-0.15, -0.1) is 4.37 Å². The Morgan fingerprint density at radius 2 is 2.62 bits per heavy atom. The van der Waals surface area contributed by atoms with Gasteiger partial charge in [-0.25, -0.2) is 0 Å². The van der Waals surface area contributed by atoms with Crippen LogP contribution in [-0.2, 0) is 4.79 Å². The molecule has 0 spiro atoms. The number of rotatable bonds is 2. The van der Waals surface area contributed by atoms with E-state index < -0.39 is 0 Å². The number of nitrogens with zero attached hydrogens (tertiary/aromatic N) is 3. The molecule has 0 aliphatic carbocycles. The Bertz CT molecular complexity index is 162. The third kappa shape index (κ3) is 0.969. The minimum atomic E-state index is 0.00463. The van der Waals surface area contributed by atoms with E-state index in [-0.39, 0.29) is 12.5 Å². The van der Waals surface area contributed by atoms with Gasteiger partial charge in [0.2, 0.25) is 0 Å². The van der Waals surface area contributed by atoms with Gasteiger partial charge in [-0.05, 0) is 0 Å². The lowest BCUT2D eigenvalue weighted by Gasteiger charge is -1.78. The van der Waals surface area contributed by atoms with Crippen molar-refractivity contribution < 1.29 is 9.53 Å². The molecule has 6 heteroatoms. The van der Waals surface area contributed by atoms with E-state index in [1.807, 2.05) is 0 Å². The molecule has 0 radical (unpaired) electrons. The summed E-state index contributed by atoms with van der Waals surface area (Å²) in [6, 6.07) is 0.00463. The van der Waals surface area contributed by atoms with E-state index >= 15 is 0 Å². The van der Waals surface area contributed by atoms with Crippen LogP contribution in [0.3, 0.4) is 0 Å². The molecular formula is C2HN3O2S. The zero-order chi connectivity index (χ0) is 5.82. The summed E-state index contributed by atoms with van der Waals surface area (Å²) < 4.78 is 11.0. The molecule has 0 saturated carbocycles. The second-order valence-corrected chi connectivity index (χ2v) is 1.36. The van der Waals surface area contributed by atoms with E-state index in [0.29, 0.717) is 0 Å². The lowest BCUT2D eigenvalue weighted by atomic mass is 11.2. The van der Waals surface area contributed by atoms with E-state index in [4.69, 9.17) is 0 Å². The highest BCUT2D eigenvalue weighted by Gasteiger charge is 1.93. The summed E-state index contributed by atoms with van der Waals surface area (Å²) in [5, 5.41) is 3.31. The summed E-state index contributed by atoms with van der Waals surface area (Å²) in [6.07, 6.45) is 0. The Morgan fingerprint density at radius 1 is 1.75 bits per heavy atom. The summed E-state index contributed by atoms with van der Waals surface area (Å²) in [6.45, 7) is 0.254. The first-order valence-electron chi connectivity index (χ1n) is 1.69. The predicted octanol–water partition coefficient (Wildman–Crippen LogP) is -0.532. The van der Waals surface area contributed by atoms with Gasteiger partial charge in [0, 0.05) is 0 Å². The molecule has 1 aromatic heterocycles. The lowest BCUT2D eigenvalue weighted by Crippen LogP contribution is -1.89. The van der Waals surface area contributed by atoms with E-state index in [0.717, 1.165) is 11.7 Å². The van der Waals surface area contributed by atoms with Crippen LogP contribution in [0.25, 0.3) is 0 Å². The maximum Gasteiger partial charge on any atom is 0.356 e. The minimum absolute atomic E-state index is 0.00463. The van der Waals surface area contributed by atoms with Crippen LogP contribution in [0.1, 0.15) is 0 Å². The molecule has 1 heterocycles. The fraction of sp³-hybridized carbons (Fsp3) is 0. The van der Waals surface area contributed by atoms with Crippen LogP contribution >= 0.6 is 11.7 Å². The van der Waals surface area contributed by atoms with Crippen molar-refractivity contribution in [3.05, 3.63) is 0 Å². The fourth-order valence-electron chi connectivity index (χ4n) is 0.213. The van der Waals surface area contributed by atoms with Crippen molar-refractivity contribution >= 4 is 18.2 Å². The normalized spacial score (nSPS) is 8.50. The predicted molar refractivity (Wildman–Crippen MR) is 24.4 cm³/mol. The van der Waals surface area contributed by atoms with Gasteiger partial charge in [-0.2, -0.15) is 0 Å². The van der Waals surface area contributed by atoms with Crippen LogP contribution < -0.4 is 4.74 Å². The minimum Gasteiger partial charge on any atom is -0.391 e. The Morgan fingerprint density at radius 3 is 3.12 bits per heavy atom. The van der Waals surface area contributed by atoms with Crippen LogP contribution in [-0.4, -0.2) is 20.4 Å². The van der Waals surface area contributed by atoms with Crippen LogP contribution in [0, 0.1) is 0 Å². The van der Waals surface area contributed by atoms with Crippen molar-refractivity contribution in [2.75, 3.05) is 0 Å². The zero-order valence-corrected chi connectivity index (χ0v) is 4.46. The molecule has 0 N–H and O–H groups in total. The van der Waals surface area contributed by atoms with E-state index in [9.17, 15) is 4.79 Å². The van der Waals surface area contributed by atoms with Crippen molar-refractivity contribution in [2.45, 2.75) is 0 Å². The van der Waals surface area contributed by atoms with Gasteiger partial charge < -0.3 is 4.74 Å². The largest absolute Gasteiger partial charge is 0.391 e. The third-order valence-corrected chi connectivity index (χ3v) is 0.828. The van der Waals surface area contributed by atoms with Gasteiger partial charge in [0.1, 0.15) is 0 Å². The molecule has 0 amide bonds. The Labute approximate surface area is 48.6 Å². The molecule has 0 bridgehead atoms. The number of aromatic nitrogens is 3. The van der Waals surface area contributed by atoms with Crippen molar-refractivity contribution in [3.63, 3.8) is 0 Å². The lowest BCUT2D eigenvalue weighted by molar-refractivity contribution is -0.121. The molecule has 1 aromatic rings. The van der Waals surface area contributed by atoms with Crippen LogP contribution in [0.4, 0.5) is 0 Å². The maximum absolute atomic E-state index is 9.55. The first-order valence-corrected chi connectivity index (χ1v) is 2.42. The number of hydrogen-bond acceptors (Lipinski definition) is 6. The van der Waals surface area contributed by atoms with Gasteiger partial charge in [-0.1, -0.05) is 9.59 Å². The average molecular weight is 131 g/mol.